The van der Waals surface area contributed by atoms with E-state index in [1.54, 1.807) is 0 Å². The second-order valence-corrected chi connectivity index (χ2v) is 6.10. The van der Waals surface area contributed by atoms with Crippen LogP contribution in [0.3, 0.4) is 0 Å². The predicted molar refractivity (Wildman–Crippen MR) is 69.8 cm³/mol. The fourth-order valence-electron chi connectivity index (χ4n) is 2.71. The number of hydrogen-bond acceptors (Lipinski definition) is 1. The molecule has 0 amide bonds. The van der Waals surface area contributed by atoms with E-state index in [1.165, 1.54) is 0 Å². The summed E-state index contributed by atoms with van der Waals surface area (Å²) in [5.41, 5.74) is 0.906. The molecule has 0 bridgehead atoms. The molecule has 1 saturated heterocycles. The van der Waals surface area contributed by atoms with Gasteiger partial charge in [-0.25, -0.2) is 8.78 Å². The van der Waals surface area contributed by atoms with Gasteiger partial charge in [0, 0.05) is 31.0 Å². The van der Waals surface area contributed by atoms with Crippen LogP contribution < -0.4 is 0 Å². The molecule has 1 aromatic rings. The van der Waals surface area contributed by atoms with Crippen molar-refractivity contribution >= 4 is 0 Å². The van der Waals surface area contributed by atoms with Crippen LogP contribution in [0.4, 0.5) is 8.78 Å². The smallest absolute Gasteiger partial charge is 0.251 e. The normalized spacial score (nSPS) is 25.1. The van der Waals surface area contributed by atoms with Crippen molar-refractivity contribution in [1.82, 2.24) is 4.90 Å². The van der Waals surface area contributed by atoms with E-state index in [-0.39, 0.29) is 24.4 Å². The van der Waals surface area contributed by atoms with Gasteiger partial charge < -0.3 is 0 Å². The number of likely N-dealkylation sites (tertiary alicyclic amines) is 1. The maximum Gasteiger partial charge on any atom is 0.251 e. The number of piperidine rings is 1. The topological polar surface area (TPSA) is 3.24 Å². The van der Waals surface area contributed by atoms with Crippen molar-refractivity contribution in [3.63, 3.8) is 0 Å². The molecule has 0 radical (unpaired) electrons. The third-order valence-corrected chi connectivity index (χ3v) is 3.63. The van der Waals surface area contributed by atoms with Gasteiger partial charge in [0.2, 0.25) is 0 Å². The Hall–Kier alpha value is -0.960. The second kappa shape index (κ2) is 4.61. The number of rotatable bonds is 1. The summed E-state index contributed by atoms with van der Waals surface area (Å²) in [5, 5.41) is 0. The van der Waals surface area contributed by atoms with E-state index in [2.05, 4.69) is 25.7 Å². The van der Waals surface area contributed by atoms with Gasteiger partial charge in [0.15, 0.2) is 0 Å². The van der Waals surface area contributed by atoms with Gasteiger partial charge in [0.05, 0.1) is 0 Å². The van der Waals surface area contributed by atoms with Crippen LogP contribution in [0.5, 0.6) is 0 Å². The Morgan fingerprint density at radius 2 is 1.78 bits per heavy atom. The number of halogens is 2. The quantitative estimate of drug-likeness (QED) is 0.723. The molecule has 0 spiro atoms. The highest BCUT2D eigenvalue weighted by atomic mass is 19.3. The van der Waals surface area contributed by atoms with E-state index in [0.717, 1.165) is 5.56 Å². The molecule has 2 rings (SSSR count). The third-order valence-electron chi connectivity index (χ3n) is 3.63. The van der Waals surface area contributed by atoms with Gasteiger partial charge in [0.1, 0.15) is 0 Å². The molecule has 0 saturated carbocycles. The molecule has 1 heterocycles. The Balaban J connectivity index is 2.31. The molecule has 18 heavy (non-hydrogen) atoms. The lowest BCUT2D eigenvalue weighted by atomic mass is 9.88. The Morgan fingerprint density at radius 3 is 2.33 bits per heavy atom. The molecule has 0 N–H and O–H groups in total. The van der Waals surface area contributed by atoms with Gasteiger partial charge in [-0.05, 0) is 26.3 Å². The average molecular weight is 253 g/mol. The van der Waals surface area contributed by atoms with E-state index in [0.29, 0.717) is 6.54 Å². The monoisotopic (exact) mass is 253 g/mol. The van der Waals surface area contributed by atoms with Crippen LogP contribution in [0.2, 0.25) is 0 Å². The van der Waals surface area contributed by atoms with Crippen molar-refractivity contribution in [2.75, 3.05) is 6.54 Å². The van der Waals surface area contributed by atoms with Crippen LogP contribution in [0.1, 0.15) is 45.2 Å². The van der Waals surface area contributed by atoms with Crippen molar-refractivity contribution in [3.05, 3.63) is 35.9 Å². The second-order valence-electron chi connectivity index (χ2n) is 6.10. The summed E-state index contributed by atoms with van der Waals surface area (Å²) in [5.74, 6) is -2.54. The first-order chi connectivity index (χ1) is 8.30. The fourth-order valence-corrected chi connectivity index (χ4v) is 2.71. The zero-order valence-electron chi connectivity index (χ0n) is 11.3. The zero-order valence-corrected chi connectivity index (χ0v) is 11.3. The van der Waals surface area contributed by atoms with Crippen LogP contribution in [-0.4, -0.2) is 22.9 Å². The highest BCUT2D eigenvalue weighted by molar-refractivity contribution is 5.21. The largest absolute Gasteiger partial charge is 0.291 e. The summed E-state index contributed by atoms with van der Waals surface area (Å²) in [6.45, 7) is 6.72. The summed E-state index contributed by atoms with van der Waals surface area (Å²) in [7, 11) is 0. The summed E-state index contributed by atoms with van der Waals surface area (Å²) in [4.78, 5) is 2.19. The Kier molecular flexibility index (Phi) is 3.45. The lowest BCUT2D eigenvalue weighted by Crippen LogP contribution is -2.50. The summed E-state index contributed by atoms with van der Waals surface area (Å²) >= 11 is 0. The van der Waals surface area contributed by atoms with Gasteiger partial charge in [-0.15, -0.1) is 0 Å². The Morgan fingerprint density at radius 1 is 1.17 bits per heavy atom. The molecule has 3 heteroatoms. The third kappa shape index (κ3) is 2.89. The molecule has 100 valence electrons. The zero-order chi connectivity index (χ0) is 13.4. The molecule has 1 aliphatic rings. The van der Waals surface area contributed by atoms with Crippen LogP contribution in [-0.2, 0) is 0 Å². The van der Waals surface area contributed by atoms with Crippen molar-refractivity contribution in [3.8, 4) is 0 Å². The van der Waals surface area contributed by atoms with Crippen LogP contribution in [0, 0.1) is 0 Å². The summed E-state index contributed by atoms with van der Waals surface area (Å²) < 4.78 is 27.4. The number of nitrogens with zero attached hydrogens (tertiary/aromatic N) is 1. The van der Waals surface area contributed by atoms with E-state index in [9.17, 15) is 8.78 Å². The van der Waals surface area contributed by atoms with E-state index in [1.807, 2.05) is 30.3 Å². The van der Waals surface area contributed by atoms with Crippen molar-refractivity contribution in [1.29, 1.82) is 0 Å². The first-order valence-electron chi connectivity index (χ1n) is 6.49. The minimum atomic E-state index is -2.54. The molecule has 1 aliphatic heterocycles. The van der Waals surface area contributed by atoms with Gasteiger partial charge in [-0.2, -0.15) is 0 Å². The first kappa shape index (κ1) is 13.5. The van der Waals surface area contributed by atoms with Crippen molar-refractivity contribution in [2.24, 2.45) is 0 Å². The van der Waals surface area contributed by atoms with E-state index >= 15 is 0 Å². The molecule has 1 nitrogen and oxygen atoms in total. The summed E-state index contributed by atoms with van der Waals surface area (Å²) in [6, 6.07) is 9.47. The fraction of sp³-hybridized carbons (Fsp3) is 0.600. The van der Waals surface area contributed by atoms with Gasteiger partial charge in [-0.3, -0.25) is 4.90 Å². The Labute approximate surface area is 108 Å². The molecule has 1 aromatic carbocycles. The highest BCUT2D eigenvalue weighted by Gasteiger charge is 2.43. The molecule has 1 fully saturated rings. The van der Waals surface area contributed by atoms with Crippen molar-refractivity contribution < 1.29 is 8.78 Å². The molecule has 0 aromatic heterocycles. The number of alkyl halides is 2. The maximum absolute atomic E-state index is 13.7. The first-order valence-corrected chi connectivity index (χ1v) is 6.49. The van der Waals surface area contributed by atoms with Gasteiger partial charge in [-0.1, -0.05) is 30.3 Å². The molecule has 0 aliphatic carbocycles. The van der Waals surface area contributed by atoms with E-state index < -0.39 is 5.92 Å². The van der Waals surface area contributed by atoms with Crippen molar-refractivity contribution in [2.45, 2.75) is 51.1 Å². The maximum atomic E-state index is 13.7. The number of hydrogen-bond donors (Lipinski definition) is 0. The van der Waals surface area contributed by atoms with Crippen LogP contribution >= 0.6 is 0 Å². The van der Waals surface area contributed by atoms with E-state index in [4.69, 9.17) is 0 Å². The van der Waals surface area contributed by atoms with Gasteiger partial charge >= 0.3 is 0 Å². The average Bonchev–Trinajstić information content (AvgIpc) is 2.27. The molecular formula is C15H21F2N. The summed E-state index contributed by atoms with van der Waals surface area (Å²) in [6.07, 6.45) is -0.109. The molecular weight excluding hydrogens is 232 g/mol. The predicted octanol–water partition coefficient (Wildman–Crippen LogP) is 4.26. The molecule has 1 atom stereocenters. The van der Waals surface area contributed by atoms with Gasteiger partial charge in [0.25, 0.3) is 5.92 Å². The highest BCUT2D eigenvalue weighted by Crippen LogP contribution is 2.42. The lowest BCUT2D eigenvalue weighted by molar-refractivity contribution is -0.0998. The SMILES string of the molecule is CC(C)(C)N1CCC(F)(F)CC1c1ccccc1. The van der Waals surface area contributed by atoms with Crippen LogP contribution in [0.25, 0.3) is 0 Å². The standard InChI is InChI=1S/C15H21F2N/c1-14(2,3)18-10-9-15(16,17)11-13(18)12-7-5-4-6-8-12/h4-8,13H,9-11H2,1-3H3. The Bertz CT molecular complexity index is 395. The minimum absolute atomic E-state index is 0.0341. The minimum Gasteiger partial charge on any atom is -0.291 e. The van der Waals surface area contributed by atoms with Crippen LogP contribution in [0.15, 0.2) is 30.3 Å². The molecule has 1 unspecified atom stereocenters. The lowest BCUT2D eigenvalue weighted by Gasteiger charge is -2.47. The number of benzene rings is 1.